The number of anilines is 1. The van der Waals surface area contributed by atoms with E-state index in [0.717, 1.165) is 36.3 Å². The first-order valence-electron chi connectivity index (χ1n) is 9.12. The molecule has 2 fully saturated rings. The summed E-state index contributed by atoms with van der Waals surface area (Å²) >= 11 is 1.36. The number of ether oxygens (including phenoxy) is 3. The number of carbonyl (C=O) groups excluding carboxylic acids is 2. The summed E-state index contributed by atoms with van der Waals surface area (Å²) in [6.45, 7) is 0. The van der Waals surface area contributed by atoms with Gasteiger partial charge in [0.05, 0.1) is 12.8 Å². The molecule has 2 heterocycles. The van der Waals surface area contributed by atoms with E-state index in [1.165, 1.54) is 17.5 Å². The Morgan fingerprint density at radius 3 is 2.43 bits per heavy atom. The van der Waals surface area contributed by atoms with Crippen LogP contribution in [0.5, 0.6) is 5.75 Å². The molecule has 0 unspecified atom stereocenters. The van der Waals surface area contributed by atoms with E-state index in [2.05, 4.69) is 10.3 Å². The van der Waals surface area contributed by atoms with E-state index in [1.807, 2.05) is 29.6 Å². The molecule has 146 valence electrons. The highest BCUT2D eigenvalue weighted by Crippen LogP contribution is 2.37. The summed E-state index contributed by atoms with van der Waals surface area (Å²) < 4.78 is 16.1. The van der Waals surface area contributed by atoms with Crippen molar-refractivity contribution >= 4 is 28.4 Å². The second-order valence-corrected chi connectivity index (χ2v) is 7.58. The molecule has 2 aliphatic rings. The number of nitrogens with one attached hydrogen (secondary N) is 1. The molecule has 4 rings (SSSR count). The van der Waals surface area contributed by atoms with E-state index in [4.69, 9.17) is 14.2 Å². The third-order valence-electron chi connectivity index (χ3n) is 4.84. The zero-order chi connectivity index (χ0) is 19.6. The monoisotopic (exact) mass is 400 g/mol. The van der Waals surface area contributed by atoms with E-state index in [1.54, 1.807) is 7.11 Å². The smallest absolute Gasteiger partial charge is 0.350 e. The van der Waals surface area contributed by atoms with Crippen molar-refractivity contribution in [1.29, 1.82) is 0 Å². The number of thiazole rings is 1. The minimum atomic E-state index is -1.08. The number of carbonyl (C=O) groups is 2. The molecule has 1 aromatic heterocycles. The minimum Gasteiger partial charge on any atom is -0.497 e. The second kappa shape index (κ2) is 7.63. The van der Waals surface area contributed by atoms with Gasteiger partial charge in [0, 0.05) is 30.0 Å². The number of methoxy groups -OCH3 is 1. The first kappa shape index (κ1) is 18.5. The molecule has 1 N–H and O–H groups in total. The molecule has 1 aliphatic carbocycles. The maximum absolute atomic E-state index is 12.3. The summed E-state index contributed by atoms with van der Waals surface area (Å²) in [6, 6.07) is 7.54. The van der Waals surface area contributed by atoms with Crippen molar-refractivity contribution in [2.24, 2.45) is 0 Å². The highest BCUT2D eigenvalue weighted by molar-refractivity contribution is 7.14. The summed E-state index contributed by atoms with van der Waals surface area (Å²) in [7, 11) is 1.62. The SMILES string of the molecule is COc1ccc(-c2csc(NC=C3C(=O)OC4(CCCCC4)OC3=O)n2)cc1. The topological polar surface area (TPSA) is 86.8 Å². The van der Waals surface area contributed by atoms with Crippen LogP contribution in [-0.2, 0) is 19.1 Å². The molecular weight excluding hydrogens is 380 g/mol. The van der Waals surface area contributed by atoms with Crippen LogP contribution < -0.4 is 10.1 Å². The van der Waals surface area contributed by atoms with Crippen LogP contribution in [0, 0.1) is 0 Å². The molecule has 0 bridgehead atoms. The van der Waals surface area contributed by atoms with Gasteiger partial charge in [-0.25, -0.2) is 14.6 Å². The number of nitrogens with zero attached hydrogens (tertiary/aromatic N) is 1. The van der Waals surface area contributed by atoms with Crippen LogP contribution in [0.4, 0.5) is 5.13 Å². The van der Waals surface area contributed by atoms with Gasteiger partial charge in [0.2, 0.25) is 0 Å². The third-order valence-corrected chi connectivity index (χ3v) is 5.62. The average molecular weight is 400 g/mol. The van der Waals surface area contributed by atoms with Gasteiger partial charge in [-0.05, 0) is 37.1 Å². The normalized spacial score (nSPS) is 18.4. The Balaban J connectivity index is 1.45. The number of hydrogen-bond donors (Lipinski definition) is 1. The van der Waals surface area contributed by atoms with Crippen molar-refractivity contribution in [3.63, 3.8) is 0 Å². The summed E-state index contributed by atoms with van der Waals surface area (Å²) in [4.78, 5) is 29.1. The van der Waals surface area contributed by atoms with E-state index in [9.17, 15) is 9.59 Å². The largest absolute Gasteiger partial charge is 0.497 e. The van der Waals surface area contributed by atoms with Crippen molar-refractivity contribution in [3.05, 3.63) is 41.4 Å². The quantitative estimate of drug-likeness (QED) is 0.473. The van der Waals surface area contributed by atoms with Crippen LogP contribution in [0.3, 0.4) is 0 Å². The first-order chi connectivity index (χ1) is 13.6. The van der Waals surface area contributed by atoms with E-state index in [-0.39, 0.29) is 5.57 Å². The maximum atomic E-state index is 12.3. The van der Waals surface area contributed by atoms with Crippen LogP contribution in [0.25, 0.3) is 11.3 Å². The van der Waals surface area contributed by atoms with Crippen molar-refractivity contribution in [3.8, 4) is 17.0 Å². The fraction of sp³-hybridized carbons (Fsp3) is 0.350. The molecule has 28 heavy (non-hydrogen) atoms. The lowest BCUT2D eigenvalue weighted by molar-refractivity contribution is -0.244. The Morgan fingerprint density at radius 1 is 1.11 bits per heavy atom. The van der Waals surface area contributed by atoms with Crippen molar-refractivity contribution in [2.45, 2.75) is 37.9 Å². The van der Waals surface area contributed by atoms with E-state index < -0.39 is 17.7 Å². The molecule has 2 aromatic rings. The molecule has 1 aromatic carbocycles. The number of hydrogen-bond acceptors (Lipinski definition) is 8. The molecular formula is C20H20N2O5S. The van der Waals surface area contributed by atoms with Crippen LogP contribution >= 0.6 is 11.3 Å². The number of esters is 2. The van der Waals surface area contributed by atoms with Crippen LogP contribution in [0.15, 0.2) is 41.4 Å². The Labute approximate surface area is 166 Å². The Bertz CT molecular complexity index is 891. The van der Waals surface area contributed by atoms with Gasteiger partial charge in [-0.2, -0.15) is 0 Å². The Morgan fingerprint density at radius 2 is 1.79 bits per heavy atom. The van der Waals surface area contributed by atoms with Gasteiger partial charge in [0.15, 0.2) is 10.7 Å². The summed E-state index contributed by atoms with van der Waals surface area (Å²) in [5.74, 6) is -1.62. The molecule has 1 aliphatic heterocycles. The Hall–Kier alpha value is -2.87. The summed E-state index contributed by atoms with van der Waals surface area (Å²) in [6.07, 6.45) is 5.24. The zero-order valence-electron chi connectivity index (χ0n) is 15.4. The molecule has 0 atom stereocenters. The lowest BCUT2D eigenvalue weighted by atomic mass is 9.93. The number of rotatable bonds is 4. The molecule has 1 saturated carbocycles. The Kier molecular flexibility index (Phi) is 5.04. The number of benzene rings is 1. The number of aromatic nitrogens is 1. The first-order valence-corrected chi connectivity index (χ1v) is 10.00. The van der Waals surface area contributed by atoms with Gasteiger partial charge in [0.1, 0.15) is 5.75 Å². The molecule has 8 heteroatoms. The van der Waals surface area contributed by atoms with Gasteiger partial charge in [-0.1, -0.05) is 6.42 Å². The lowest BCUT2D eigenvalue weighted by Gasteiger charge is -2.38. The van der Waals surface area contributed by atoms with E-state index >= 15 is 0 Å². The van der Waals surface area contributed by atoms with Gasteiger partial charge >= 0.3 is 11.9 Å². The van der Waals surface area contributed by atoms with Crippen LogP contribution in [-0.4, -0.2) is 29.8 Å². The minimum absolute atomic E-state index is 0.155. The summed E-state index contributed by atoms with van der Waals surface area (Å²) in [5.41, 5.74) is 1.56. The molecule has 0 amide bonds. The third kappa shape index (κ3) is 3.73. The van der Waals surface area contributed by atoms with Crippen LogP contribution in [0.1, 0.15) is 32.1 Å². The average Bonchev–Trinajstić information content (AvgIpc) is 3.17. The molecule has 1 saturated heterocycles. The highest BCUT2D eigenvalue weighted by Gasteiger charge is 2.46. The van der Waals surface area contributed by atoms with Crippen molar-refractivity contribution in [1.82, 2.24) is 4.98 Å². The highest BCUT2D eigenvalue weighted by atomic mass is 32.1. The molecule has 0 radical (unpaired) electrons. The molecule has 7 nitrogen and oxygen atoms in total. The fourth-order valence-electron chi connectivity index (χ4n) is 3.33. The van der Waals surface area contributed by atoms with Gasteiger partial charge in [-0.3, -0.25) is 0 Å². The second-order valence-electron chi connectivity index (χ2n) is 6.72. The van der Waals surface area contributed by atoms with E-state index in [0.29, 0.717) is 18.0 Å². The lowest BCUT2D eigenvalue weighted by Crippen LogP contribution is -2.47. The predicted molar refractivity (Wildman–Crippen MR) is 104 cm³/mol. The van der Waals surface area contributed by atoms with Crippen molar-refractivity contribution in [2.75, 3.05) is 12.4 Å². The van der Waals surface area contributed by atoms with Crippen LogP contribution in [0.2, 0.25) is 0 Å². The maximum Gasteiger partial charge on any atom is 0.350 e. The van der Waals surface area contributed by atoms with Crippen molar-refractivity contribution < 1.29 is 23.8 Å². The standard InChI is InChI=1S/C20H20N2O5S/c1-25-14-7-5-13(6-8-14)16-12-28-19(22-16)21-11-15-17(23)26-20(27-18(15)24)9-3-2-4-10-20/h5-8,11-12H,2-4,9-10H2,1H3,(H,21,22). The van der Waals surface area contributed by atoms with Gasteiger partial charge < -0.3 is 19.5 Å². The predicted octanol–water partition coefficient (Wildman–Crippen LogP) is 3.87. The zero-order valence-corrected chi connectivity index (χ0v) is 16.2. The van der Waals surface area contributed by atoms with Gasteiger partial charge in [-0.15, -0.1) is 11.3 Å². The van der Waals surface area contributed by atoms with Gasteiger partial charge in [0.25, 0.3) is 5.79 Å². The fourth-order valence-corrected chi connectivity index (χ4v) is 4.02. The summed E-state index contributed by atoms with van der Waals surface area (Å²) in [5, 5.41) is 5.34. The molecule has 1 spiro atoms.